The first-order chi connectivity index (χ1) is 7.65. The third kappa shape index (κ3) is 1.63. The molecule has 0 aromatic heterocycles. The summed E-state index contributed by atoms with van der Waals surface area (Å²) in [5, 5.41) is 0.294. The molecule has 3 nitrogen and oxygen atoms in total. The van der Waals surface area contributed by atoms with Crippen molar-refractivity contribution in [2.75, 3.05) is 6.61 Å². The molecule has 1 aromatic rings. The SMILES string of the molecule is CCOC1=CC(=O)c2c(Cl)cccc2C1=O. The van der Waals surface area contributed by atoms with Crippen LogP contribution in [-0.4, -0.2) is 18.2 Å². The van der Waals surface area contributed by atoms with E-state index in [-0.39, 0.29) is 22.9 Å². The van der Waals surface area contributed by atoms with Crippen molar-refractivity contribution in [3.63, 3.8) is 0 Å². The van der Waals surface area contributed by atoms with Crippen LogP contribution in [0.3, 0.4) is 0 Å². The zero-order valence-electron chi connectivity index (χ0n) is 8.62. The maximum atomic E-state index is 11.9. The molecule has 0 saturated heterocycles. The Morgan fingerprint density at radius 2 is 2.06 bits per heavy atom. The van der Waals surface area contributed by atoms with Crippen LogP contribution in [0.2, 0.25) is 5.02 Å². The van der Waals surface area contributed by atoms with Gasteiger partial charge < -0.3 is 4.74 Å². The van der Waals surface area contributed by atoms with Crippen LogP contribution in [0.1, 0.15) is 27.6 Å². The average Bonchev–Trinajstić information content (AvgIpc) is 2.25. The molecule has 1 aliphatic carbocycles. The summed E-state index contributed by atoms with van der Waals surface area (Å²) >= 11 is 5.88. The number of benzene rings is 1. The average molecular weight is 237 g/mol. The highest BCUT2D eigenvalue weighted by atomic mass is 35.5. The van der Waals surface area contributed by atoms with Crippen LogP contribution in [0.5, 0.6) is 0 Å². The fourth-order valence-corrected chi connectivity index (χ4v) is 1.88. The van der Waals surface area contributed by atoms with E-state index in [1.807, 2.05) is 0 Å². The summed E-state index contributed by atoms with van der Waals surface area (Å²) in [4.78, 5) is 23.6. The largest absolute Gasteiger partial charge is 0.490 e. The maximum absolute atomic E-state index is 11.9. The smallest absolute Gasteiger partial charge is 0.228 e. The van der Waals surface area contributed by atoms with E-state index in [9.17, 15) is 9.59 Å². The molecule has 0 N–H and O–H groups in total. The predicted molar refractivity (Wildman–Crippen MR) is 59.8 cm³/mol. The van der Waals surface area contributed by atoms with Gasteiger partial charge in [0.05, 0.1) is 17.2 Å². The van der Waals surface area contributed by atoms with Gasteiger partial charge in [-0.3, -0.25) is 9.59 Å². The Morgan fingerprint density at radius 1 is 1.31 bits per heavy atom. The summed E-state index contributed by atoms with van der Waals surface area (Å²) in [5.41, 5.74) is 0.570. The highest BCUT2D eigenvalue weighted by Crippen LogP contribution is 2.27. The quantitative estimate of drug-likeness (QED) is 0.793. The topological polar surface area (TPSA) is 43.4 Å². The first-order valence-electron chi connectivity index (χ1n) is 4.87. The van der Waals surface area contributed by atoms with Crippen LogP contribution in [-0.2, 0) is 4.74 Å². The predicted octanol–water partition coefficient (Wildman–Crippen LogP) is 2.64. The molecule has 0 amide bonds. The number of allylic oxidation sites excluding steroid dienone is 2. The lowest BCUT2D eigenvalue weighted by Crippen LogP contribution is -2.19. The van der Waals surface area contributed by atoms with E-state index >= 15 is 0 Å². The van der Waals surface area contributed by atoms with E-state index in [0.29, 0.717) is 17.2 Å². The molecule has 2 rings (SSSR count). The molecular formula is C12H9ClO3. The number of ketones is 2. The van der Waals surface area contributed by atoms with E-state index in [4.69, 9.17) is 16.3 Å². The van der Waals surface area contributed by atoms with Crippen LogP contribution >= 0.6 is 11.6 Å². The first kappa shape index (κ1) is 10.9. The van der Waals surface area contributed by atoms with Gasteiger partial charge >= 0.3 is 0 Å². The molecule has 1 aliphatic rings. The summed E-state index contributed by atoms with van der Waals surface area (Å²) in [6, 6.07) is 4.81. The Labute approximate surface area is 97.7 Å². The molecule has 0 saturated carbocycles. The number of hydrogen-bond donors (Lipinski definition) is 0. The van der Waals surface area contributed by atoms with Gasteiger partial charge in [-0.1, -0.05) is 23.7 Å². The first-order valence-corrected chi connectivity index (χ1v) is 5.25. The lowest BCUT2D eigenvalue weighted by molar-refractivity contribution is 0.0892. The molecule has 0 radical (unpaired) electrons. The summed E-state index contributed by atoms with van der Waals surface area (Å²) in [5.74, 6) is -0.495. The van der Waals surface area contributed by atoms with Gasteiger partial charge in [0.2, 0.25) is 5.78 Å². The van der Waals surface area contributed by atoms with E-state index < -0.39 is 0 Å². The second-order valence-electron chi connectivity index (χ2n) is 3.30. The third-order valence-electron chi connectivity index (χ3n) is 2.29. The fourth-order valence-electron chi connectivity index (χ4n) is 1.62. The van der Waals surface area contributed by atoms with Crippen LogP contribution < -0.4 is 0 Å². The van der Waals surface area contributed by atoms with Gasteiger partial charge in [0.25, 0.3) is 0 Å². The molecule has 0 fully saturated rings. The zero-order chi connectivity index (χ0) is 11.7. The van der Waals surface area contributed by atoms with Crippen molar-refractivity contribution in [1.82, 2.24) is 0 Å². The Kier molecular flexibility index (Phi) is 2.79. The minimum absolute atomic E-state index is 0.0854. The third-order valence-corrected chi connectivity index (χ3v) is 2.61. The number of ether oxygens (including phenoxy) is 1. The van der Waals surface area contributed by atoms with Crippen molar-refractivity contribution < 1.29 is 14.3 Å². The van der Waals surface area contributed by atoms with Crippen molar-refractivity contribution in [3.8, 4) is 0 Å². The van der Waals surface area contributed by atoms with Gasteiger partial charge in [0, 0.05) is 11.6 Å². The van der Waals surface area contributed by atoms with Gasteiger partial charge in [0.1, 0.15) is 0 Å². The van der Waals surface area contributed by atoms with Crippen molar-refractivity contribution >= 4 is 23.2 Å². The van der Waals surface area contributed by atoms with Crippen molar-refractivity contribution in [1.29, 1.82) is 0 Å². The Morgan fingerprint density at radius 3 is 2.75 bits per heavy atom. The number of halogens is 1. The van der Waals surface area contributed by atoms with Gasteiger partial charge in [0.15, 0.2) is 11.5 Å². The summed E-state index contributed by atoms with van der Waals surface area (Å²) in [6.07, 6.45) is 1.19. The molecule has 0 unspecified atom stereocenters. The molecule has 82 valence electrons. The number of Topliss-reactive ketones (excluding diaryl/α,β-unsaturated/α-hetero) is 1. The molecule has 1 aromatic carbocycles. The van der Waals surface area contributed by atoms with Crippen molar-refractivity contribution in [2.45, 2.75) is 6.92 Å². The molecule has 16 heavy (non-hydrogen) atoms. The number of rotatable bonds is 2. The van der Waals surface area contributed by atoms with E-state index in [2.05, 4.69) is 0 Å². The van der Waals surface area contributed by atoms with Gasteiger partial charge in [-0.25, -0.2) is 0 Å². The number of carbonyl (C=O) groups is 2. The van der Waals surface area contributed by atoms with Crippen LogP contribution in [0.15, 0.2) is 30.0 Å². The van der Waals surface area contributed by atoms with Crippen molar-refractivity contribution in [2.24, 2.45) is 0 Å². The second kappa shape index (κ2) is 4.10. The normalized spacial score (nSPS) is 14.5. The van der Waals surface area contributed by atoms with Crippen molar-refractivity contribution in [3.05, 3.63) is 46.2 Å². The van der Waals surface area contributed by atoms with Crippen LogP contribution in [0.25, 0.3) is 0 Å². The molecule has 0 spiro atoms. The Bertz CT molecular complexity index is 503. The second-order valence-corrected chi connectivity index (χ2v) is 3.70. The minimum Gasteiger partial charge on any atom is -0.490 e. The maximum Gasteiger partial charge on any atom is 0.228 e. The molecule has 4 heteroatoms. The summed E-state index contributed by atoms with van der Waals surface area (Å²) < 4.78 is 5.11. The van der Waals surface area contributed by atoms with E-state index in [0.717, 1.165) is 0 Å². The highest BCUT2D eigenvalue weighted by molar-refractivity contribution is 6.37. The van der Waals surface area contributed by atoms with Crippen LogP contribution in [0, 0.1) is 0 Å². The summed E-state index contributed by atoms with van der Waals surface area (Å²) in [6.45, 7) is 2.10. The van der Waals surface area contributed by atoms with E-state index in [1.54, 1.807) is 25.1 Å². The molecular weight excluding hydrogens is 228 g/mol. The monoisotopic (exact) mass is 236 g/mol. The van der Waals surface area contributed by atoms with Crippen LogP contribution in [0.4, 0.5) is 0 Å². The highest BCUT2D eigenvalue weighted by Gasteiger charge is 2.28. The fraction of sp³-hybridized carbons (Fsp3) is 0.167. The number of fused-ring (bicyclic) bond motifs is 1. The Balaban J connectivity index is 2.55. The van der Waals surface area contributed by atoms with Gasteiger partial charge in [-0.05, 0) is 13.0 Å². The summed E-state index contributed by atoms with van der Waals surface area (Å²) in [7, 11) is 0. The number of carbonyl (C=O) groups excluding carboxylic acids is 2. The molecule has 0 heterocycles. The van der Waals surface area contributed by atoms with Gasteiger partial charge in [-0.2, -0.15) is 0 Å². The zero-order valence-corrected chi connectivity index (χ0v) is 9.38. The van der Waals surface area contributed by atoms with Gasteiger partial charge in [-0.15, -0.1) is 0 Å². The molecule has 0 aliphatic heterocycles. The Hall–Kier alpha value is -1.61. The lowest BCUT2D eigenvalue weighted by Gasteiger charge is -2.15. The standard InChI is InChI=1S/C12H9ClO3/c1-2-16-10-6-9(14)11-7(12(10)15)4-3-5-8(11)13/h3-6H,2H2,1H3. The lowest BCUT2D eigenvalue weighted by atomic mass is 9.93. The minimum atomic E-state index is -0.293. The van der Waals surface area contributed by atoms with E-state index in [1.165, 1.54) is 6.08 Å². The molecule has 0 bridgehead atoms. The molecule has 0 atom stereocenters. The number of hydrogen-bond acceptors (Lipinski definition) is 3.